The van der Waals surface area contributed by atoms with Crippen LogP contribution in [0.25, 0.3) is 24.3 Å². The molecule has 0 radical (unpaired) electrons. The van der Waals surface area contributed by atoms with Crippen LogP contribution in [0.2, 0.25) is 0 Å². The highest BCUT2D eigenvalue weighted by Crippen LogP contribution is 2.33. The lowest BCUT2D eigenvalue weighted by molar-refractivity contribution is 0.111. The highest BCUT2D eigenvalue weighted by Gasteiger charge is 2.10. The van der Waals surface area contributed by atoms with Crippen LogP contribution in [0, 0.1) is 0 Å². The molecule has 0 aliphatic rings. The van der Waals surface area contributed by atoms with E-state index < -0.39 is 0 Å². The van der Waals surface area contributed by atoms with Gasteiger partial charge in [0, 0.05) is 22.3 Å². The minimum atomic E-state index is 0.649. The van der Waals surface area contributed by atoms with Crippen LogP contribution in [0.5, 0.6) is 11.5 Å². The number of unbranched alkanes of at least 4 members (excludes halogenated alkanes) is 4. The molecule has 0 heterocycles. The zero-order chi connectivity index (χ0) is 27.0. The maximum atomic E-state index is 11.0. The fourth-order valence-electron chi connectivity index (χ4n) is 3.91. The van der Waals surface area contributed by atoms with E-state index in [4.69, 9.17) is 9.47 Å². The summed E-state index contributed by atoms with van der Waals surface area (Å²) in [6, 6.07) is 19.1. The molecule has 0 fully saturated rings. The van der Waals surface area contributed by atoms with Crippen LogP contribution >= 0.6 is 0 Å². The lowest BCUT2D eigenvalue weighted by atomic mass is 10.0. The highest BCUT2D eigenvalue weighted by molar-refractivity contribution is 5.81. The van der Waals surface area contributed by atoms with Gasteiger partial charge in [-0.25, -0.2) is 0 Å². The molecule has 38 heavy (non-hydrogen) atoms. The van der Waals surface area contributed by atoms with E-state index in [-0.39, 0.29) is 0 Å². The van der Waals surface area contributed by atoms with Crippen molar-refractivity contribution in [3.63, 3.8) is 0 Å². The first-order valence-corrected chi connectivity index (χ1v) is 13.6. The van der Waals surface area contributed by atoms with Crippen molar-refractivity contribution in [2.75, 3.05) is 13.2 Å². The minimum absolute atomic E-state index is 0.649. The number of hydrogen-bond acceptors (Lipinski definition) is 4. The van der Waals surface area contributed by atoms with Gasteiger partial charge in [0.05, 0.1) is 13.2 Å². The Bertz CT molecular complexity index is 1110. The van der Waals surface area contributed by atoms with Gasteiger partial charge in [0.25, 0.3) is 0 Å². The third-order valence-electron chi connectivity index (χ3n) is 6.21. The van der Waals surface area contributed by atoms with E-state index in [2.05, 4.69) is 13.8 Å². The van der Waals surface area contributed by atoms with Crippen molar-refractivity contribution < 1.29 is 19.1 Å². The van der Waals surface area contributed by atoms with Crippen molar-refractivity contribution in [3.8, 4) is 11.5 Å². The number of benzene rings is 3. The summed E-state index contributed by atoms with van der Waals surface area (Å²) in [6.07, 6.45) is 16.3. The standard InChI is InChI=1S/C34H38O4/c1-3-5-7-21-37-33-23-32(20-18-28-11-15-30(26-36)16-12-28)34(38-22-8-6-4-2)24-31(33)19-17-27-9-13-29(25-35)14-10-27/h9-20,23-26H,3-8,21-22H2,1-2H3/b19-17+,20-18+. The van der Waals surface area contributed by atoms with Gasteiger partial charge in [-0.1, -0.05) is 112 Å². The van der Waals surface area contributed by atoms with Crippen LogP contribution in [0.4, 0.5) is 0 Å². The number of carbonyl (C=O) groups excluding carboxylic acids is 2. The van der Waals surface area contributed by atoms with Crippen LogP contribution in [0.15, 0.2) is 60.7 Å². The van der Waals surface area contributed by atoms with E-state index >= 15 is 0 Å². The van der Waals surface area contributed by atoms with Crippen molar-refractivity contribution in [3.05, 3.63) is 94.0 Å². The predicted molar refractivity (Wildman–Crippen MR) is 158 cm³/mol. The lowest BCUT2D eigenvalue weighted by Gasteiger charge is -2.15. The molecule has 0 amide bonds. The molecule has 4 heteroatoms. The van der Waals surface area contributed by atoms with Crippen LogP contribution in [0.3, 0.4) is 0 Å². The average Bonchev–Trinajstić information content (AvgIpc) is 2.96. The van der Waals surface area contributed by atoms with Gasteiger partial charge in [-0.15, -0.1) is 0 Å². The number of hydrogen-bond donors (Lipinski definition) is 0. The molecule has 0 atom stereocenters. The normalized spacial score (nSPS) is 11.2. The molecule has 198 valence electrons. The molecule has 3 aromatic rings. The second kappa shape index (κ2) is 16.0. The van der Waals surface area contributed by atoms with E-state index in [1.165, 1.54) is 0 Å². The van der Waals surface area contributed by atoms with Gasteiger partial charge in [-0.2, -0.15) is 0 Å². The smallest absolute Gasteiger partial charge is 0.150 e. The molecule has 0 aliphatic heterocycles. The Morgan fingerprint density at radius 2 is 0.895 bits per heavy atom. The van der Waals surface area contributed by atoms with E-state index in [9.17, 15) is 9.59 Å². The summed E-state index contributed by atoms with van der Waals surface area (Å²) in [5.41, 5.74) is 5.20. The first kappa shape index (κ1) is 28.6. The monoisotopic (exact) mass is 510 g/mol. The molecule has 4 nitrogen and oxygen atoms in total. The zero-order valence-corrected chi connectivity index (χ0v) is 22.5. The van der Waals surface area contributed by atoms with Gasteiger partial charge in [0.2, 0.25) is 0 Å². The Kier molecular flexibility index (Phi) is 12.1. The number of aldehydes is 2. The maximum absolute atomic E-state index is 11.0. The number of carbonyl (C=O) groups is 2. The Morgan fingerprint density at radius 1 is 0.526 bits per heavy atom. The lowest BCUT2D eigenvalue weighted by Crippen LogP contribution is -2.02. The van der Waals surface area contributed by atoms with Gasteiger partial charge < -0.3 is 9.47 Å². The van der Waals surface area contributed by atoms with E-state index in [1.54, 1.807) is 0 Å². The second-order valence-electron chi connectivity index (χ2n) is 9.27. The van der Waals surface area contributed by atoms with Gasteiger partial charge >= 0.3 is 0 Å². The fraction of sp³-hybridized carbons (Fsp3) is 0.294. The molecule has 3 rings (SSSR count). The summed E-state index contributed by atoms with van der Waals surface area (Å²) in [7, 11) is 0. The van der Waals surface area contributed by atoms with E-state index in [0.717, 1.165) is 84.9 Å². The molecule has 3 aromatic carbocycles. The quantitative estimate of drug-likeness (QED) is 0.110. The first-order valence-electron chi connectivity index (χ1n) is 13.6. The van der Waals surface area contributed by atoms with Crippen LogP contribution in [-0.2, 0) is 0 Å². The topological polar surface area (TPSA) is 52.6 Å². The third-order valence-corrected chi connectivity index (χ3v) is 6.21. The average molecular weight is 511 g/mol. The number of ether oxygens (including phenoxy) is 2. The summed E-state index contributed by atoms with van der Waals surface area (Å²) in [5, 5.41) is 0. The van der Waals surface area contributed by atoms with Gasteiger partial charge in [0.15, 0.2) is 0 Å². The largest absolute Gasteiger partial charge is 0.493 e. The summed E-state index contributed by atoms with van der Waals surface area (Å²) < 4.78 is 12.5. The fourth-order valence-corrected chi connectivity index (χ4v) is 3.91. The Morgan fingerprint density at radius 3 is 1.24 bits per heavy atom. The predicted octanol–water partition coefficient (Wildman–Crippen LogP) is 8.79. The molecule has 0 saturated heterocycles. The Balaban J connectivity index is 1.95. The van der Waals surface area contributed by atoms with Crippen LogP contribution in [-0.4, -0.2) is 25.8 Å². The van der Waals surface area contributed by atoms with Crippen molar-refractivity contribution >= 4 is 36.9 Å². The van der Waals surface area contributed by atoms with Crippen molar-refractivity contribution in [1.29, 1.82) is 0 Å². The molecular formula is C34H38O4. The Labute approximate surface area is 227 Å². The summed E-state index contributed by atoms with van der Waals surface area (Å²) in [4.78, 5) is 22.0. The Hall–Kier alpha value is -3.92. The van der Waals surface area contributed by atoms with Gasteiger partial charge in [-0.05, 0) is 36.1 Å². The highest BCUT2D eigenvalue weighted by atomic mass is 16.5. The van der Waals surface area contributed by atoms with Gasteiger partial charge in [-0.3, -0.25) is 9.59 Å². The molecule has 0 N–H and O–H groups in total. The molecule has 0 unspecified atom stereocenters. The van der Waals surface area contributed by atoms with Crippen LogP contribution < -0.4 is 9.47 Å². The van der Waals surface area contributed by atoms with Gasteiger partial charge in [0.1, 0.15) is 24.1 Å². The zero-order valence-electron chi connectivity index (χ0n) is 22.5. The molecule has 0 aliphatic carbocycles. The molecule has 0 spiro atoms. The number of rotatable bonds is 16. The van der Waals surface area contributed by atoms with Crippen molar-refractivity contribution in [1.82, 2.24) is 0 Å². The molecule has 0 bridgehead atoms. The summed E-state index contributed by atoms with van der Waals surface area (Å²) >= 11 is 0. The van der Waals surface area contributed by atoms with Crippen LogP contribution in [0.1, 0.15) is 95.3 Å². The van der Waals surface area contributed by atoms with E-state index in [0.29, 0.717) is 24.3 Å². The van der Waals surface area contributed by atoms with E-state index in [1.807, 2.05) is 85.0 Å². The van der Waals surface area contributed by atoms with Crippen molar-refractivity contribution in [2.24, 2.45) is 0 Å². The third kappa shape index (κ3) is 9.19. The SMILES string of the molecule is CCCCCOc1cc(/C=C/c2ccc(C=O)cc2)c(OCCCCC)cc1/C=C/c1ccc(C=O)cc1. The molecule has 0 aromatic heterocycles. The summed E-state index contributed by atoms with van der Waals surface area (Å²) in [6.45, 7) is 5.66. The maximum Gasteiger partial charge on any atom is 0.150 e. The minimum Gasteiger partial charge on any atom is -0.493 e. The second-order valence-corrected chi connectivity index (χ2v) is 9.27. The molecule has 0 saturated carbocycles. The summed E-state index contributed by atoms with van der Waals surface area (Å²) in [5.74, 6) is 1.61. The molecular weight excluding hydrogens is 472 g/mol. The first-order chi connectivity index (χ1) is 18.7. The van der Waals surface area contributed by atoms with Crippen molar-refractivity contribution in [2.45, 2.75) is 52.4 Å².